The highest BCUT2D eigenvalue weighted by Crippen LogP contribution is 2.19. The summed E-state index contributed by atoms with van der Waals surface area (Å²) in [6.45, 7) is 0.774. The number of hydrogen-bond acceptors (Lipinski definition) is 5. The highest BCUT2D eigenvalue weighted by molar-refractivity contribution is 7.89. The number of rotatable bonds is 5. The molecule has 10 heteroatoms. The average molecular weight is 407 g/mol. The topological polar surface area (TPSA) is 101 Å². The molecule has 0 spiro atoms. The van der Waals surface area contributed by atoms with Crippen LogP contribution in [0.25, 0.3) is 0 Å². The molecule has 8 nitrogen and oxygen atoms in total. The van der Waals surface area contributed by atoms with Crippen molar-refractivity contribution < 1.29 is 22.5 Å². The Morgan fingerprint density at radius 1 is 1.00 bits per heavy atom. The summed E-state index contributed by atoms with van der Waals surface area (Å²) in [4.78, 5) is 24.2. The number of halogens is 1. The van der Waals surface area contributed by atoms with Gasteiger partial charge in [0.25, 0.3) is 5.69 Å². The van der Waals surface area contributed by atoms with Gasteiger partial charge in [-0.1, -0.05) is 12.1 Å². The van der Waals surface area contributed by atoms with Gasteiger partial charge < -0.3 is 4.90 Å². The summed E-state index contributed by atoms with van der Waals surface area (Å²) in [7, 11) is -3.73. The molecule has 1 amide bonds. The molecular weight excluding hydrogens is 389 g/mol. The average Bonchev–Trinajstić information content (AvgIpc) is 2.69. The van der Waals surface area contributed by atoms with Crippen molar-refractivity contribution in [1.82, 2.24) is 9.21 Å². The van der Waals surface area contributed by atoms with Crippen molar-refractivity contribution in [3.05, 3.63) is 70.0 Å². The minimum atomic E-state index is -3.73. The third-order valence-corrected chi connectivity index (χ3v) is 6.46. The molecule has 0 bridgehead atoms. The smallest absolute Gasteiger partial charge is 0.269 e. The van der Waals surface area contributed by atoms with Crippen LogP contribution in [0.5, 0.6) is 0 Å². The third-order valence-electron chi connectivity index (χ3n) is 4.55. The van der Waals surface area contributed by atoms with E-state index in [1.807, 2.05) is 0 Å². The van der Waals surface area contributed by atoms with Crippen molar-refractivity contribution in [2.75, 3.05) is 26.2 Å². The van der Waals surface area contributed by atoms with Crippen molar-refractivity contribution in [2.24, 2.45) is 0 Å². The maximum Gasteiger partial charge on any atom is 0.269 e. The first kappa shape index (κ1) is 19.9. The zero-order valence-corrected chi connectivity index (χ0v) is 15.6. The second kappa shape index (κ2) is 8.03. The van der Waals surface area contributed by atoms with Crippen LogP contribution in [0.1, 0.15) is 5.56 Å². The van der Waals surface area contributed by atoms with Crippen LogP contribution in [-0.2, 0) is 21.2 Å². The molecule has 148 valence electrons. The van der Waals surface area contributed by atoms with Crippen molar-refractivity contribution in [1.29, 1.82) is 0 Å². The molecule has 3 rings (SSSR count). The SMILES string of the molecule is O=C(Cc1ccc([N+](=O)[O-])cc1)N1CCN(S(=O)(=O)c2ccc(F)cc2)CC1. The van der Waals surface area contributed by atoms with Gasteiger partial charge in [0, 0.05) is 38.3 Å². The van der Waals surface area contributed by atoms with Gasteiger partial charge in [0.15, 0.2) is 0 Å². The Morgan fingerprint density at radius 3 is 2.11 bits per heavy atom. The predicted octanol–water partition coefficient (Wildman–Crippen LogP) is 1.81. The zero-order valence-electron chi connectivity index (χ0n) is 14.8. The van der Waals surface area contributed by atoms with E-state index < -0.39 is 20.8 Å². The van der Waals surface area contributed by atoms with E-state index in [1.54, 1.807) is 4.90 Å². The summed E-state index contributed by atoms with van der Waals surface area (Å²) in [5.74, 6) is -0.687. The Hall–Kier alpha value is -2.85. The molecule has 0 aromatic heterocycles. The van der Waals surface area contributed by atoms with Crippen LogP contribution in [0.15, 0.2) is 53.4 Å². The van der Waals surface area contributed by atoms with Gasteiger partial charge in [0.1, 0.15) is 5.82 Å². The van der Waals surface area contributed by atoms with E-state index in [0.29, 0.717) is 5.56 Å². The Bertz CT molecular complexity index is 969. The molecule has 1 heterocycles. The Morgan fingerprint density at radius 2 is 1.57 bits per heavy atom. The van der Waals surface area contributed by atoms with Crippen LogP contribution < -0.4 is 0 Å². The normalized spacial score (nSPS) is 15.4. The largest absolute Gasteiger partial charge is 0.340 e. The van der Waals surface area contributed by atoms with E-state index in [2.05, 4.69) is 0 Å². The van der Waals surface area contributed by atoms with Gasteiger partial charge in [-0.05, 0) is 29.8 Å². The summed E-state index contributed by atoms with van der Waals surface area (Å²) < 4.78 is 39.5. The van der Waals surface area contributed by atoms with Crippen molar-refractivity contribution in [3.8, 4) is 0 Å². The van der Waals surface area contributed by atoms with Gasteiger partial charge in [-0.25, -0.2) is 12.8 Å². The van der Waals surface area contributed by atoms with Crippen LogP contribution in [0, 0.1) is 15.9 Å². The molecule has 28 heavy (non-hydrogen) atoms. The summed E-state index contributed by atoms with van der Waals surface area (Å²) in [5.41, 5.74) is 0.604. The number of nitro groups is 1. The molecule has 1 saturated heterocycles. The highest BCUT2D eigenvalue weighted by Gasteiger charge is 2.30. The first-order valence-electron chi connectivity index (χ1n) is 8.54. The Balaban J connectivity index is 1.59. The number of piperazine rings is 1. The third kappa shape index (κ3) is 4.34. The van der Waals surface area contributed by atoms with Gasteiger partial charge in [0.2, 0.25) is 15.9 Å². The number of non-ortho nitro benzene ring substituents is 1. The monoisotopic (exact) mass is 407 g/mol. The predicted molar refractivity (Wildman–Crippen MR) is 98.5 cm³/mol. The minimum Gasteiger partial charge on any atom is -0.340 e. The standard InChI is InChI=1S/C18H18FN3O5S/c19-15-3-7-17(8-4-15)28(26,27)21-11-9-20(10-12-21)18(23)13-14-1-5-16(6-2-14)22(24)25/h1-8H,9-13H2. The van der Waals surface area contributed by atoms with Gasteiger partial charge in [-0.15, -0.1) is 0 Å². The molecule has 0 unspecified atom stereocenters. The van der Waals surface area contributed by atoms with Gasteiger partial charge in [0.05, 0.1) is 16.2 Å². The number of nitro benzene ring substituents is 1. The number of sulfonamides is 1. The van der Waals surface area contributed by atoms with Crippen LogP contribution in [0.2, 0.25) is 0 Å². The van der Waals surface area contributed by atoms with Crippen molar-refractivity contribution in [2.45, 2.75) is 11.3 Å². The van der Waals surface area contributed by atoms with Crippen LogP contribution in [0.4, 0.5) is 10.1 Å². The summed E-state index contributed by atoms with van der Waals surface area (Å²) in [5, 5.41) is 10.7. The van der Waals surface area contributed by atoms with E-state index in [4.69, 9.17) is 0 Å². The number of carbonyl (C=O) groups excluding carboxylic acids is 1. The molecule has 0 saturated carbocycles. The number of hydrogen-bond donors (Lipinski definition) is 0. The minimum absolute atomic E-state index is 0.0135. The second-order valence-corrected chi connectivity index (χ2v) is 8.28. The van der Waals surface area contributed by atoms with Crippen LogP contribution >= 0.6 is 0 Å². The van der Waals surface area contributed by atoms with Crippen molar-refractivity contribution >= 4 is 21.6 Å². The van der Waals surface area contributed by atoms with Gasteiger partial charge in [-0.3, -0.25) is 14.9 Å². The lowest BCUT2D eigenvalue weighted by Gasteiger charge is -2.34. The molecule has 0 radical (unpaired) electrons. The number of carbonyl (C=O) groups is 1. The molecule has 1 aliphatic rings. The molecule has 2 aromatic carbocycles. The molecular formula is C18H18FN3O5S. The fraction of sp³-hybridized carbons (Fsp3) is 0.278. The van der Waals surface area contributed by atoms with Gasteiger partial charge >= 0.3 is 0 Å². The molecule has 1 aliphatic heterocycles. The molecule has 0 N–H and O–H groups in total. The molecule has 0 atom stereocenters. The number of benzene rings is 2. The lowest BCUT2D eigenvalue weighted by Crippen LogP contribution is -2.50. The quantitative estimate of drug-likeness (QED) is 0.556. The first-order valence-corrected chi connectivity index (χ1v) is 9.98. The lowest BCUT2D eigenvalue weighted by atomic mass is 10.1. The van der Waals surface area contributed by atoms with E-state index in [1.165, 1.54) is 40.7 Å². The number of nitrogens with zero attached hydrogens (tertiary/aromatic N) is 3. The van der Waals surface area contributed by atoms with E-state index in [9.17, 15) is 27.7 Å². The van der Waals surface area contributed by atoms with Crippen LogP contribution in [0.3, 0.4) is 0 Å². The van der Waals surface area contributed by atoms with E-state index in [0.717, 1.165) is 12.1 Å². The zero-order chi connectivity index (χ0) is 20.3. The van der Waals surface area contributed by atoms with Gasteiger partial charge in [-0.2, -0.15) is 4.31 Å². The first-order chi connectivity index (χ1) is 13.3. The highest BCUT2D eigenvalue weighted by atomic mass is 32.2. The van der Waals surface area contributed by atoms with Crippen molar-refractivity contribution in [3.63, 3.8) is 0 Å². The fourth-order valence-corrected chi connectivity index (χ4v) is 4.38. The summed E-state index contributed by atoms with van der Waals surface area (Å²) in [6, 6.07) is 10.4. The molecule has 1 fully saturated rings. The maximum atomic E-state index is 13.0. The van der Waals surface area contributed by atoms with Crippen LogP contribution in [-0.4, -0.2) is 54.6 Å². The van der Waals surface area contributed by atoms with E-state index >= 15 is 0 Å². The maximum absolute atomic E-state index is 13.0. The Kier molecular flexibility index (Phi) is 5.71. The van der Waals surface area contributed by atoms with E-state index in [-0.39, 0.29) is 49.1 Å². The second-order valence-electron chi connectivity index (χ2n) is 6.34. The lowest BCUT2D eigenvalue weighted by molar-refractivity contribution is -0.384. The summed E-state index contributed by atoms with van der Waals surface area (Å²) in [6.07, 6.45) is 0.0860. The summed E-state index contributed by atoms with van der Waals surface area (Å²) >= 11 is 0. The fourth-order valence-electron chi connectivity index (χ4n) is 2.96. The molecule has 2 aromatic rings. The number of amides is 1. The molecule has 0 aliphatic carbocycles. The Labute approximate surface area is 161 Å².